The first-order valence-electron chi connectivity index (χ1n) is 11.5. The zero-order valence-electron chi connectivity index (χ0n) is 18.8. The minimum absolute atomic E-state index is 0.265. The summed E-state index contributed by atoms with van der Waals surface area (Å²) in [6, 6.07) is 0. The summed E-state index contributed by atoms with van der Waals surface area (Å²) in [5, 5.41) is 17.6. The van der Waals surface area contributed by atoms with Crippen LogP contribution in [-0.2, 0) is 12.8 Å². The second-order valence-corrected chi connectivity index (χ2v) is 9.32. The SMILES string of the molecule is CCCc1nnc(C[C@@H]2C[C@@H](C(C)C)[C@H](CN3CCN(CCO)CC3)C=C2C)o1. The van der Waals surface area contributed by atoms with E-state index in [1.54, 1.807) is 0 Å². The van der Waals surface area contributed by atoms with E-state index in [-0.39, 0.29) is 6.61 Å². The molecular formula is C23H40N4O2. The Morgan fingerprint density at radius 1 is 1.14 bits per heavy atom. The van der Waals surface area contributed by atoms with Gasteiger partial charge in [-0.25, -0.2) is 0 Å². The first-order chi connectivity index (χ1) is 14.0. The molecule has 0 aromatic carbocycles. The topological polar surface area (TPSA) is 65.6 Å². The van der Waals surface area contributed by atoms with Gasteiger partial charge in [0.2, 0.25) is 11.8 Å². The summed E-state index contributed by atoms with van der Waals surface area (Å²) in [5.74, 6) is 4.06. The Labute approximate surface area is 176 Å². The third kappa shape index (κ3) is 6.12. The van der Waals surface area contributed by atoms with Crippen LogP contribution in [-0.4, -0.2) is 71.0 Å². The number of aromatic nitrogens is 2. The van der Waals surface area contributed by atoms with Gasteiger partial charge in [-0.15, -0.1) is 10.2 Å². The molecule has 1 aliphatic heterocycles. The Hall–Kier alpha value is -1.24. The zero-order valence-corrected chi connectivity index (χ0v) is 18.8. The van der Waals surface area contributed by atoms with E-state index in [0.717, 1.165) is 70.3 Å². The molecule has 1 aliphatic carbocycles. The first-order valence-corrected chi connectivity index (χ1v) is 11.5. The van der Waals surface area contributed by atoms with Crippen LogP contribution in [0.4, 0.5) is 0 Å². The Morgan fingerprint density at radius 2 is 1.83 bits per heavy atom. The van der Waals surface area contributed by atoms with Gasteiger partial charge in [0.25, 0.3) is 0 Å². The number of β-amino-alcohol motifs (C(OH)–C–C–N with tert-alkyl or cyclic N) is 1. The van der Waals surface area contributed by atoms with Gasteiger partial charge < -0.3 is 14.4 Å². The predicted octanol–water partition coefficient (Wildman–Crippen LogP) is 3.03. The van der Waals surface area contributed by atoms with E-state index < -0.39 is 0 Å². The normalized spacial score (nSPS) is 26.8. The van der Waals surface area contributed by atoms with Crippen LogP contribution in [0.2, 0.25) is 0 Å². The summed E-state index contributed by atoms with van der Waals surface area (Å²) in [6.07, 6.45) is 6.53. The Kier molecular flexibility index (Phi) is 8.27. The fourth-order valence-corrected chi connectivity index (χ4v) is 5.02. The van der Waals surface area contributed by atoms with Crippen molar-refractivity contribution in [1.82, 2.24) is 20.0 Å². The number of aliphatic hydroxyl groups is 1. The van der Waals surface area contributed by atoms with E-state index in [1.807, 2.05) is 0 Å². The number of piperazine rings is 1. The molecule has 2 heterocycles. The van der Waals surface area contributed by atoms with Crippen molar-refractivity contribution in [3.05, 3.63) is 23.4 Å². The lowest BCUT2D eigenvalue weighted by Gasteiger charge is -2.41. The molecule has 3 atom stereocenters. The van der Waals surface area contributed by atoms with Crippen LogP contribution in [0.25, 0.3) is 0 Å². The minimum atomic E-state index is 0.265. The molecule has 1 aromatic rings. The summed E-state index contributed by atoms with van der Waals surface area (Å²) in [4.78, 5) is 4.98. The number of rotatable bonds is 9. The zero-order chi connectivity index (χ0) is 20.8. The van der Waals surface area contributed by atoms with Crippen molar-refractivity contribution in [2.75, 3.05) is 45.9 Å². The summed E-state index contributed by atoms with van der Waals surface area (Å²) in [5.41, 5.74) is 1.49. The standard InChI is InChI=1S/C23H40N4O2/c1-5-6-22-24-25-23(29-22)15-19-14-21(17(2)3)20(13-18(19)4)16-27-9-7-26(8-10-27)11-12-28/h13,17,19-21,28H,5-12,14-16H2,1-4H3/t19-,20-,21-/m0/s1. The molecule has 1 saturated heterocycles. The molecule has 6 heteroatoms. The van der Waals surface area contributed by atoms with Gasteiger partial charge >= 0.3 is 0 Å². The second-order valence-electron chi connectivity index (χ2n) is 9.32. The highest BCUT2D eigenvalue weighted by Crippen LogP contribution is 2.39. The number of allylic oxidation sites excluding steroid dienone is 1. The summed E-state index contributed by atoms with van der Waals surface area (Å²) in [7, 11) is 0. The maximum Gasteiger partial charge on any atom is 0.217 e. The van der Waals surface area contributed by atoms with Gasteiger partial charge in [-0.05, 0) is 43.4 Å². The van der Waals surface area contributed by atoms with Crippen LogP contribution in [0.3, 0.4) is 0 Å². The number of nitrogens with zero attached hydrogens (tertiary/aromatic N) is 4. The Bertz CT molecular complexity index is 649. The highest BCUT2D eigenvalue weighted by Gasteiger charge is 2.33. The molecule has 2 aliphatic rings. The summed E-state index contributed by atoms with van der Waals surface area (Å²) in [6.45, 7) is 15.8. The van der Waals surface area contributed by atoms with Crippen LogP contribution in [0.15, 0.2) is 16.1 Å². The van der Waals surface area contributed by atoms with E-state index in [2.05, 4.69) is 53.8 Å². The fraction of sp³-hybridized carbons (Fsp3) is 0.826. The van der Waals surface area contributed by atoms with Gasteiger partial charge in [0.05, 0.1) is 6.61 Å². The molecule has 1 aromatic heterocycles. The number of hydrogen-bond donors (Lipinski definition) is 1. The average Bonchev–Trinajstić information content (AvgIpc) is 3.13. The molecule has 0 saturated carbocycles. The van der Waals surface area contributed by atoms with Crippen molar-refractivity contribution >= 4 is 0 Å². The highest BCUT2D eigenvalue weighted by molar-refractivity contribution is 5.14. The van der Waals surface area contributed by atoms with E-state index in [0.29, 0.717) is 23.7 Å². The molecule has 1 fully saturated rings. The maximum atomic E-state index is 9.15. The molecule has 0 spiro atoms. The third-order valence-corrected chi connectivity index (χ3v) is 6.83. The lowest BCUT2D eigenvalue weighted by molar-refractivity contribution is 0.0887. The Balaban J connectivity index is 1.61. The molecule has 0 amide bonds. The quantitative estimate of drug-likeness (QED) is 0.638. The molecule has 164 valence electrons. The van der Waals surface area contributed by atoms with E-state index in [1.165, 1.54) is 12.0 Å². The van der Waals surface area contributed by atoms with Crippen molar-refractivity contribution in [2.45, 2.75) is 53.4 Å². The number of hydrogen-bond acceptors (Lipinski definition) is 6. The summed E-state index contributed by atoms with van der Waals surface area (Å²) < 4.78 is 5.87. The van der Waals surface area contributed by atoms with E-state index >= 15 is 0 Å². The molecule has 1 N–H and O–H groups in total. The molecule has 3 rings (SSSR count). The smallest absolute Gasteiger partial charge is 0.217 e. The molecular weight excluding hydrogens is 364 g/mol. The second kappa shape index (κ2) is 10.7. The van der Waals surface area contributed by atoms with Crippen molar-refractivity contribution in [3.63, 3.8) is 0 Å². The van der Waals surface area contributed by atoms with Gasteiger partial charge in [0.15, 0.2) is 0 Å². The third-order valence-electron chi connectivity index (χ3n) is 6.83. The fourth-order valence-electron chi connectivity index (χ4n) is 5.02. The summed E-state index contributed by atoms with van der Waals surface area (Å²) >= 11 is 0. The van der Waals surface area contributed by atoms with Crippen molar-refractivity contribution in [1.29, 1.82) is 0 Å². The van der Waals surface area contributed by atoms with Crippen molar-refractivity contribution in [2.24, 2.45) is 23.7 Å². The van der Waals surface area contributed by atoms with Crippen LogP contribution in [0, 0.1) is 23.7 Å². The van der Waals surface area contributed by atoms with Crippen molar-refractivity contribution in [3.8, 4) is 0 Å². The molecule has 0 unspecified atom stereocenters. The highest BCUT2D eigenvalue weighted by atomic mass is 16.4. The molecule has 6 nitrogen and oxygen atoms in total. The van der Waals surface area contributed by atoms with Crippen LogP contribution >= 0.6 is 0 Å². The minimum Gasteiger partial charge on any atom is -0.425 e. The number of aryl methyl sites for hydroxylation is 1. The largest absolute Gasteiger partial charge is 0.425 e. The van der Waals surface area contributed by atoms with Gasteiger partial charge in [0.1, 0.15) is 0 Å². The Morgan fingerprint density at radius 3 is 2.48 bits per heavy atom. The van der Waals surface area contributed by atoms with Crippen LogP contribution < -0.4 is 0 Å². The lowest BCUT2D eigenvalue weighted by atomic mass is 9.69. The molecule has 0 radical (unpaired) electrons. The van der Waals surface area contributed by atoms with Gasteiger partial charge in [-0.2, -0.15) is 0 Å². The molecule has 0 bridgehead atoms. The molecule has 29 heavy (non-hydrogen) atoms. The number of aliphatic hydroxyl groups excluding tert-OH is 1. The monoisotopic (exact) mass is 404 g/mol. The van der Waals surface area contributed by atoms with E-state index in [4.69, 9.17) is 9.52 Å². The average molecular weight is 405 g/mol. The van der Waals surface area contributed by atoms with Gasteiger partial charge in [0, 0.05) is 52.1 Å². The van der Waals surface area contributed by atoms with Gasteiger partial charge in [-0.3, -0.25) is 4.90 Å². The lowest BCUT2D eigenvalue weighted by Crippen LogP contribution is -2.49. The maximum absolute atomic E-state index is 9.15. The van der Waals surface area contributed by atoms with Crippen LogP contribution in [0.5, 0.6) is 0 Å². The van der Waals surface area contributed by atoms with Crippen molar-refractivity contribution < 1.29 is 9.52 Å². The first kappa shape index (κ1) is 22.4. The van der Waals surface area contributed by atoms with Gasteiger partial charge in [-0.1, -0.05) is 32.4 Å². The predicted molar refractivity (Wildman–Crippen MR) is 116 cm³/mol. The van der Waals surface area contributed by atoms with E-state index in [9.17, 15) is 0 Å². The van der Waals surface area contributed by atoms with Crippen LogP contribution in [0.1, 0.15) is 52.3 Å².